The Balaban J connectivity index is 0.00000169. The van der Waals surface area contributed by atoms with Gasteiger partial charge in [0.25, 0.3) is 5.91 Å². The number of carbonyl (C=O) groups excluding carboxylic acids is 2. The molecule has 2 aromatic rings. The number of nitrogens with zero attached hydrogens (tertiary/aromatic N) is 1. The molecular formula is C18H22Cl2N4O2. The van der Waals surface area contributed by atoms with Crippen LogP contribution < -0.4 is 16.0 Å². The lowest BCUT2D eigenvalue weighted by Gasteiger charge is -2.22. The Morgan fingerprint density at radius 1 is 1.04 bits per heavy atom. The molecule has 6 nitrogen and oxygen atoms in total. The maximum Gasteiger partial charge on any atom is 0.255 e. The van der Waals surface area contributed by atoms with Gasteiger partial charge in [-0.25, -0.2) is 0 Å². The largest absolute Gasteiger partial charge is 0.326 e. The van der Waals surface area contributed by atoms with Gasteiger partial charge in [0.2, 0.25) is 5.91 Å². The minimum Gasteiger partial charge on any atom is -0.326 e. The van der Waals surface area contributed by atoms with Crippen LogP contribution in [0.15, 0.2) is 48.8 Å². The Labute approximate surface area is 165 Å². The molecule has 1 aromatic heterocycles. The highest BCUT2D eigenvalue weighted by Crippen LogP contribution is 2.16. The third-order valence-corrected chi connectivity index (χ3v) is 4.00. The molecule has 2 heterocycles. The molecule has 1 aromatic carbocycles. The van der Waals surface area contributed by atoms with Crippen LogP contribution in [-0.2, 0) is 4.79 Å². The lowest BCUT2D eigenvalue weighted by atomic mass is 9.98. The van der Waals surface area contributed by atoms with E-state index in [2.05, 4.69) is 20.9 Å². The topological polar surface area (TPSA) is 83.1 Å². The Morgan fingerprint density at radius 2 is 1.81 bits per heavy atom. The summed E-state index contributed by atoms with van der Waals surface area (Å²) >= 11 is 0. The number of nitrogens with one attached hydrogen (secondary N) is 3. The van der Waals surface area contributed by atoms with Crippen LogP contribution in [0.25, 0.3) is 0 Å². The number of carbonyl (C=O) groups is 2. The molecule has 2 amide bonds. The molecule has 1 unspecified atom stereocenters. The van der Waals surface area contributed by atoms with Crippen LogP contribution in [0, 0.1) is 5.92 Å². The van der Waals surface area contributed by atoms with E-state index in [4.69, 9.17) is 0 Å². The first-order valence-electron chi connectivity index (χ1n) is 8.05. The van der Waals surface area contributed by atoms with Gasteiger partial charge in [-0.3, -0.25) is 14.6 Å². The first-order chi connectivity index (χ1) is 11.7. The van der Waals surface area contributed by atoms with Crippen LogP contribution in [0.2, 0.25) is 0 Å². The molecule has 1 fully saturated rings. The van der Waals surface area contributed by atoms with E-state index in [1.54, 1.807) is 48.8 Å². The molecule has 1 saturated heterocycles. The van der Waals surface area contributed by atoms with Crippen LogP contribution in [0.4, 0.5) is 11.4 Å². The van der Waals surface area contributed by atoms with Gasteiger partial charge in [0, 0.05) is 35.9 Å². The summed E-state index contributed by atoms with van der Waals surface area (Å²) in [6, 6.07) is 10.4. The number of hydrogen-bond acceptors (Lipinski definition) is 4. The highest BCUT2D eigenvalue weighted by molar-refractivity contribution is 6.05. The van der Waals surface area contributed by atoms with Crippen molar-refractivity contribution >= 4 is 48.0 Å². The van der Waals surface area contributed by atoms with Crippen LogP contribution in [0.5, 0.6) is 0 Å². The average Bonchev–Trinajstić information content (AvgIpc) is 2.63. The van der Waals surface area contributed by atoms with Crippen molar-refractivity contribution < 1.29 is 9.59 Å². The molecule has 1 atom stereocenters. The fourth-order valence-electron chi connectivity index (χ4n) is 2.70. The van der Waals surface area contributed by atoms with Crippen LogP contribution in [0.1, 0.15) is 23.2 Å². The predicted octanol–water partition coefficient (Wildman–Crippen LogP) is 3.12. The molecule has 3 N–H and O–H groups in total. The summed E-state index contributed by atoms with van der Waals surface area (Å²) in [5, 5.41) is 8.93. The lowest BCUT2D eigenvalue weighted by Crippen LogP contribution is -2.37. The Kier molecular flexibility index (Phi) is 9.05. The molecule has 26 heavy (non-hydrogen) atoms. The van der Waals surface area contributed by atoms with Gasteiger partial charge in [0.05, 0.1) is 5.92 Å². The Bertz CT molecular complexity index is 722. The van der Waals surface area contributed by atoms with Gasteiger partial charge in [-0.15, -0.1) is 24.8 Å². The van der Waals surface area contributed by atoms with Crippen LogP contribution >= 0.6 is 24.8 Å². The average molecular weight is 397 g/mol. The standard InChI is InChI=1S/C18H20N4O2.2ClH/c23-17(21-15-6-9-19-10-7-15)13-3-1-5-16(11-13)22-18(24)14-4-2-8-20-12-14;;/h1,3,5-7,9-11,14,20H,2,4,8,12H2,(H,22,24)(H,19,21,23);2*1H. The van der Waals surface area contributed by atoms with Gasteiger partial charge in [0.1, 0.15) is 0 Å². The third-order valence-electron chi connectivity index (χ3n) is 4.00. The summed E-state index contributed by atoms with van der Waals surface area (Å²) in [7, 11) is 0. The zero-order valence-corrected chi connectivity index (χ0v) is 15.7. The zero-order valence-electron chi connectivity index (χ0n) is 14.1. The molecule has 1 aliphatic heterocycles. The highest BCUT2D eigenvalue weighted by atomic mass is 35.5. The maximum atomic E-state index is 12.3. The zero-order chi connectivity index (χ0) is 16.8. The van der Waals surface area contributed by atoms with E-state index in [0.717, 1.165) is 19.4 Å². The third kappa shape index (κ3) is 5.98. The van der Waals surface area contributed by atoms with Crippen molar-refractivity contribution in [1.29, 1.82) is 0 Å². The Morgan fingerprint density at radius 3 is 2.50 bits per heavy atom. The van der Waals surface area contributed by atoms with E-state index in [1.165, 1.54) is 0 Å². The van der Waals surface area contributed by atoms with Crippen molar-refractivity contribution in [2.45, 2.75) is 12.8 Å². The van der Waals surface area contributed by atoms with Crippen LogP contribution in [-0.4, -0.2) is 29.9 Å². The minimum atomic E-state index is -0.225. The molecule has 3 rings (SSSR count). The van der Waals surface area contributed by atoms with Gasteiger partial charge < -0.3 is 16.0 Å². The van der Waals surface area contributed by atoms with Crippen molar-refractivity contribution in [1.82, 2.24) is 10.3 Å². The second-order valence-electron chi connectivity index (χ2n) is 5.80. The minimum absolute atomic E-state index is 0. The van der Waals surface area contributed by atoms with E-state index in [9.17, 15) is 9.59 Å². The number of aromatic nitrogens is 1. The highest BCUT2D eigenvalue weighted by Gasteiger charge is 2.21. The summed E-state index contributed by atoms with van der Waals surface area (Å²) < 4.78 is 0. The first-order valence-corrected chi connectivity index (χ1v) is 8.05. The summed E-state index contributed by atoms with van der Waals surface area (Å²) in [4.78, 5) is 28.5. The molecule has 0 spiro atoms. The van der Waals surface area contributed by atoms with Gasteiger partial charge in [-0.1, -0.05) is 6.07 Å². The summed E-state index contributed by atoms with van der Waals surface area (Å²) in [6.07, 6.45) is 5.13. The van der Waals surface area contributed by atoms with Gasteiger partial charge >= 0.3 is 0 Å². The molecule has 0 bridgehead atoms. The van der Waals surface area contributed by atoms with Crippen molar-refractivity contribution in [2.75, 3.05) is 23.7 Å². The predicted molar refractivity (Wildman–Crippen MR) is 107 cm³/mol. The van der Waals surface area contributed by atoms with E-state index >= 15 is 0 Å². The fourth-order valence-corrected chi connectivity index (χ4v) is 2.70. The summed E-state index contributed by atoms with van der Waals surface area (Å²) in [6.45, 7) is 1.67. The smallest absolute Gasteiger partial charge is 0.255 e. The number of anilines is 2. The van der Waals surface area contributed by atoms with Gasteiger partial charge in [0.15, 0.2) is 0 Å². The molecule has 0 aliphatic carbocycles. The van der Waals surface area contributed by atoms with Crippen molar-refractivity contribution in [2.24, 2.45) is 5.92 Å². The number of hydrogen-bond donors (Lipinski definition) is 3. The fraction of sp³-hybridized carbons (Fsp3) is 0.278. The molecule has 8 heteroatoms. The van der Waals surface area contributed by atoms with Crippen molar-refractivity contribution in [3.8, 4) is 0 Å². The molecule has 0 radical (unpaired) electrons. The lowest BCUT2D eigenvalue weighted by molar-refractivity contribution is -0.120. The van der Waals surface area contributed by atoms with E-state index in [1.807, 2.05) is 0 Å². The van der Waals surface area contributed by atoms with Gasteiger partial charge in [-0.05, 0) is 49.7 Å². The maximum absolute atomic E-state index is 12.3. The summed E-state index contributed by atoms with van der Waals surface area (Å²) in [5.41, 5.74) is 1.80. The van der Waals surface area contributed by atoms with E-state index in [-0.39, 0.29) is 42.5 Å². The van der Waals surface area contributed by atoms with E-state index < -0.39 is 0 Å². The van der Waals surface area contributed by atoms with Gasteiger partial charge in [-0.2, -0.15) is 0 Å². The number of piperidine rings is 1. The monoisotopic (exact) mass is 396 g/mol. The van der Waals surface area contributed by atoms with E-state index in [0.29, 0.717) is 23.5 Å². The SMILES string of the molecule is Cl.Cl.O=C(Nc1ccncc1)c1cccc(NC(=O)C2CCCNC2)c1. The molecular weight excluding hydrogens is 375 g/mol. The second-order valence-corrected chi connectivity index (χ2v) is 5.80. The first kappa shape index (κ1) is 21.9. The van der Waals surface area contributed by atoms with Crippen LogP contribution in [0.3, 0.4) is 0 Å². The molecule has 1 aliphatic rings. The number of pyridine rings is 1. The molecule has 140 valence electrons. The normalized spacial score (nSPS) is 15.8. The number of amides is 2. The number of rotatable bonds is 4. The Hall–Kier alpha value is -2.15. The number of benzene rings is 1. The molecule has 0 saturated carbocycles. The number of halogens is 2. The van der Waals surface area contributed by atoms with Crippen molar-refractivity contribution in [3.63, 3.8) is 0 Å². The summed E-state index contributed by atoms with van der Waals surface area (Å²) in [5.74, 6) is -0.251. The second kappa shape index (κ2) is 10.8. The van der Waals surface area contributed by atoms with Crippen molar-refractivity contribution in [3.05, 3.63) is 54.4 Å². The quantitative estimate of drug-likeness (QED) is 0.741.